The van der Waals surface area contributed by atoms with Crippen LogP contribution in [-0.4, -0.2) is 14.3 Å². The molecule has 0 radical (unpaired) electrons. The molecule has 106 valence electrons. The molecule has 0 saturated heterocycles. The van der Waals surface area contributed by atoms with Crippen LogP contribution in [0.5, 0.6) is 0 Å². The molecule has 20 heavy (non-hydrogen) atoms. The molecule has 2 aromatic rings. The Labute approximate surface area is 129 Å². The summed E-state index contributed by atoms with van der Waals surface area (Å²) >= 11 is 4.39. The van der Waals surface area contributed by atoms with Crippen molar-refractivity contribution in [3.63, 3.8) is 0 Å². The molecule has 0 saturated carbocycles. The summed E-state index contributed by atoms with van der Waals surface area (Å²) in [5, 5.41) is 0. The summed E-state index contributed by atoms with van der Waals surface area (Å²) in [4.78, 5) is 14.7. The van der Waals surface area contributed by atoms with Gasteiger partial charge in [0.25, 0.3) is 15.9 Å². The number of benzene rings is 1. The number of carbonyl (C=O) groups is 1. The number of hydrogen-bond acceptors (Lipinski definition) is 4. The number of halogens is 1. The van der Waals surface area contributed by atoms with E-state index < -0.39 is 15.9 Å². The van der Waals surface area contributed by atoms with Gasteiger partial charge in [0.2, 0.25) is 0 Å². The number of hydrogen-bond donors (Lipinski definition) is 2. The molecule has 0 spiro atoms. The predicted octanol–water partition coefficient (Wildman–Crippen LogP) is 2.44. The number of nitrogens with one attached hydrogen (secondary N) is 2. The van der Waals surface area contributed by atoms with Crippen molar-refractivity contribution in [3.8, 4) is 0 Å². The molecule has 0 aliphatic heterocycles. The van der Waals surface area contributed by atoms with Gasteiger partial charge in [0.05, 0.1) is 0 Å². The first-order chi connectivity index (χ1) is 9.38. The van der Waals surface area contributed by atoms with Crippen LogP contribution in [0, 0.1) is 6.92 Å². The van der Waals surface area contributed by atoms with Crippen molar-refractivity contribution in [3.05, 3.63) is 51.3 Å². The van der Waals surface area contributed by atoms with Gasteiger partial charge in [0.1, 0.15) is 4.21 Å². The van der Waals surface area contributed by atoms with Gasteiger partial charge in [-0.1, -0.05) is 15.9 Å². The Bertz CT molecular complexity index is 723. The minimum Gasteiger partial charge on any atom is -0.273 e. The first-order valence-corrected chi connectivity index (χ1v) is 8.62. The van der Waals surface area contributed by atoms with Crippen LogP contribution in [0.4, 0.5) is 0 Å². The van der Waals surface area contributed by atoms with Crippen molar-refractivity contribution in [2.75, 3.05) is 0 Å². The van der Waals surface area contributed by atoms with Gasteiger partial charge >= 0.3 is 0 Å². The number of thiophene rings is 1. The highest BCUT2D eigenvalue weighted by atomic mass is 79.9. The third-order valence-corrected chi connectivity index (χ3v) is 5.65. The van der Waals surface area contributed by atoms with Gasteiger partial charge in [-0.15, -0.1) is 16.2 Å². The van der Waals surface area contributed by atoms with Gasteiger partial charge in [-0.3, -0.25) is 10.2 Å². The third kappa shape index (κ3) is 3.66. The Morgan fingerprint density at radius 1 is 1.15 bits per heavy atom. The summed E-state index contributed by atoms with van der Waals surface area (Å²) < 4.78 is 24.8. The van der Waals surface area contributed by atoms with Gasteiger partial charge in [0, 0.05) is 14.9 Å². The molecular weight excluding hydrogens is 364 g/mol. The molecule has 0 bridgehead atoms. The minimum absolute atomic E-state index is 0.158. The van der Waals surface area contributed by atoms with Crippen molar-refractivity contribution in [2.24, 2.45) is 0 Å². The number of sulfonamides is 1. The Morgan fingerprint density at radius 2 is 1.80 bits per heavy atom. The number of rotatable bonds is 4. The molecule has 8 heteroatoms. The predicted molar refractivity (Wildman–Crippen MR) is 81.0 cm³/mol. The number of carbonyl (C=O) groups excluding carboxylic acids is 1. The van der Waals surface area contributed by atoms with E-state index in [1.807, 2.05) is 6.92 Å². The van der Waals surface area contributed by atoms with E-state index in [-0.39, 0.29) is 4.21 Å². The topological polar surface area (TPSA) is 75.3 Å². The first kappa shape index (κ1) is 15.2. The van der Waals surface area contributed by atoms with Crippen molar-refractivity contribution in [1.29, 1.82) is 0 Å². The van der Waals surface area contributed by atoms with E-state index in [0.717, 1.165) is 20.7 Å². The van der Waals surface area contributed by atoms with Crippen molar-refractivity contribution < 1.29 is 13.2 Å². The molecular formula is C12H11BrN2O3S2. The highest BCUT2D eigenvalue weighted by Crippen LogP contribution is 2.19. The summed E-state index contributed by atoms with van der Waals surface area (Å²) in [6.45, 7) is 1.81. The lowest BCUT2D eigenvalue weighted by atomic mass is 10.2. The lowest BCUT2D eigenvalue weighted by molar-refractivity contribution is 0.0945. The lowest BCUT2D eigenvalue weighted by Crippen LogP contribution is -2.41. The van der Waals surface area contributed by atoms with Crippen LogP contribution in [0.2, 0.25) is 0 Å². The van der Waals surface area contributed by atoms with E-state index in [0.29, 0.717) is 5.56 Å². The van der Waals surface area contributed by atoms with Gasteiger partial charge in [-0.25, -0.2) is 8.42 Å². The zero-order valence-corrected chi connectivity index (χ0v) is 13.6. The van der Waals surface area contributed by atoms with Crippen LogP contribution < -0.4 is 10.3 Å². The summed E-state index contributed by atoms with van der Waals surface area (Å²) in [6, 6.07) is 9.77. The fourth-order valence-electron chi connectivity index (χ4n) is 1.39. The molecule has 5 nitrogen and oxygen atoms in total. The van der Waals surface area contributed by atoms with Crippen LogP contribution in [0.15, 0.2) is 45.1 Å². The minimum atomic E-state index is -3.72. The molecule has 2 N–H and O–H groups in total. The Kier molecular flexibility index (Phi) is 4.59. The second-order valence-electron chi connectivity index (χ2n) is 3.93. The van der Waals surface area contributed by atoms with E-state index in [9.17, 15) is 13.2 Å². The zero-order chi connectivity index (χ0) is 14.8. The molecule has 2 rings (SSSR count). The summed E-state index contributed by atoms with van der Waals surface area (Å²) in [5.74, 6) is -0.519. The van der Waals surface area contributed by atoms with Gasteiger partial charge in [-0.2, -0.15) is 0 Å². The molecule has 1 aromatic heterocycles. The smallest absolute Gasteiger partial charge is 0.266 e. The molecule has 0 fully saturated rings. The van der Waals surface area contributed by atoms with Crippen molar-refractivity contribution in [1.82, 2.24) is 10.3 Å². The second-order valence-corrected chi connectivity index (χ2v) is 8.04. The van der Waals surface area contributed by atoms with E-state index in [4.69, 9.17) is 0 Å². The Morgan fingerprint density at radius 3 is 2.35 bits per heavy atom. The number of hydrazine groups is 1. The molecule has 0 atom stereocenters. The number of amides is 1. The SMILES string of the molecule is Cc1ccc(S(=O)(=O)NNC(=O)c2ccc(Br)cc2)s1. The highest BCUT2D eigenvalue weighted by molar-refractivity contribution is 9.10. The molecule has 1 aromatic carbocycles. The Balaban J connectivity index is 2.05. The van der Waals surface area contributed by atoms with Crippen molar-refractivity contribution in [2.45, 2.75) is 11.1 Å². The van der Waals surface area contributed by atoms with Gasteiger partial charge < -0.3 is 0 Å². The fraction of sp³-hybridized carbons (Fsp3) is 0.0833. The fourth-order valence-corrected chi connectivity index (χ4v) is 3.78. The summed E-state index contributed by atoms with van der Waals surface area (Å²) in [5.41, 5.74) is 2.54. The lowest BCUT2D eigenvalue weighted by Gasteiger charge is -2.07. The monoisotopic (exact) mass is 374 g/mol. The standard InChI is InChI=1S/C12H11BrN2O3S2/c1-8-2-7-11(19-8)20(17,18)15-14-12(16)9-3-5-10(13)6-4-9/h2-7,15H,1H3,(H,14,16). The largest absolute Gasteiger partial charge is 0.273 e. The molecule has 0 aliphatic carbocycles. The van der Waals surface area contributed by atoms with E-state index in [1.54, 1.807) is 30.3 Å². The van der Waals surface area contributed by atoms with E-state index in [1.165, 1.54) is 6.07 Å². The van der Waals surface area contributed by atoms with E-state index >= 15 is 0 Å². The maximum Gasteiger partial charge on any atom is 0.266 e. The molecule has 0 unspecified atom stereocenters. The summed E-state index contributed by atoms with van der Waals surface area (Å²) in [7, 11) is -3.72. The number of aryl methyl sites for hydroxylation is 1. The average molecular weight is 375 g/mol. The Hall–Kier alpha value is -1.22. The third-order valence-electron chi connectivity index (χ3n) is 2.39. The van der Waals surface area contributed by atoms with Gasteiger partial charge in [0.15, 0.2) is 0 Å². The second kappa shape index (κ2) is 6.04. The summed E-state index contributed by atoms with van der Waals surface area (Å²) in [6.07, 6.45) is 0. The van der Waals surface area contributed by atoms with Crippen LogP contribution in [0.25, 0.3) is 0 Å². The molecule has 1 heterocycles. The molecule has 0 aliphatic rings. The van der Waals surface area contributed by atoms with Crippen LogP contribution in [-0.2, 0) is 10.0 Å². The van der Waals surface area contributed by atoms with Crippen LogP contribution in [0.3, 0.4) is 0 Å². The highest BCUT2D eigenvalue weighted by Gasteiger charge is 2.17. The maximum atomic E-state index is 11.9. The first-order valence-electron chi connectivity index (χ1n) is 5.52. The quantitative estimate of drug-likeness (QED) is 0.807. The van der Waals surface area contributed by atoms with Gasteiger partial charge in [-0.05, 0) is 43.3 Å². The van der Waals surface area contributed by atoms with Crippen LogP contribution in [0.1, 0.15) is 15.2 Å². The maximum absolute atomic E-state index is 11.9. The van der Waals surface area contributed by atoms with Crippen molar-refractivity contribution >= 4 is 43.2 Å². The zero-order valence-electron chi connectivity index (χ0n) is 10.4. The van der Waals surface area contributed by atoms with Crippen LogP contribution >= 0.6 is 27.3 Å². The molecule has 1 amide bonds. The van der Waals surface area contributed by atoms with E-state index in [2.05, 4.69) is 26.2 Å². The average Bonchev–Trinajstić information content (AvgIpc) is 2.84. The normalized spacial score (nSPS) is 11.3.